The molecule has 0 N–H and O–H groups in total. The summed E-state index contributed by atoms with van der Waals surface area (Å²) >= 11 is 0. The van der Waals surface area contributed by atoms with Crippen LogP contribution in [0.15, 0.2) is 218 Å². The van der Waals surface area contributed by atoms with Gasteiger partial charge < -0.3 is 0 Å². The van der Waals surface area contributed by atoms with Crippen LogP contribution in [-0.4, -0.2) is 43.6 Å². The van der Waals surface area contributed by atoms with Crippen LogP contribution in [0.25, 0.3) is 118 Å². The molecule has 4 heterocycles. The zero-order chi connectivity index (χ0) is 48.3. The van der Waals surface area contributed by atoms with Crippen LogP contribution in [0.2, 0.25) is 0 Å². The van der Waals surface area contributed by atoms with E-state index in [2.05, 4.69) is 0 Å². The molecule has 9 aromatic carbocycles. The number of aromatic nitrogens is 9. The fraction of sp³-hybridized carbons (Fsp3) is 0. The van der Waals surface area contributed by atoms with Gasteiger partial charge in [0.2, 0.25) is 0 Å². The zero-order valence-electron chi connectivity index (χ0n) is 37.9. The predicted molar refractivity (Wildman–Crippen MR) is 276 cm³/mol. The van der Waals surface area contributed by atoms with Gasteiger partial charge in [0.25, 0.3) is 0 Å². The maximum Gasteiger partial charge on any atom is 0.164 e. The van der Waals surface area contributed by atoms with Gasteiger partial charge in [-0.3, -0.25) is 13.7 Å². The van der Waals surface area contributed by atoms with Crippen molar-refractivity contribution in [3.63, 3.8) is 0 Å². The Morgan fingerprint density at radius 1 is 0.250 bits per heavy atom. The fourth-order valence-electron chi connectivity index (χ4n) is 9.44. The quantitative estimate of drug-likeness (QED) is 0.143. The minimum absolute atomic E-state index is 0.360. The average molecular weight is 940 g/mol. The zero-order valence-corrected chi connectivity index (χ0v) is 37.9. The van der Waals surface area contributed by atoms with E-state index in [1.165, 1.54) is 36.4 Å². The predicted octanol–water partition coefficient (Wildman–Crippen LogP) is 14.3. The van der Waals surface area contributed by atoms with Crippen molar-refractivity contribution in [2.45, 2.75) is 0 Å². The highest BCUT2D eigenvalue weighted by Gasteiger charge is 2.21. The molecule has 0 bridgehead atoms. The molecule has 0 unspecified atom stereocenters. The van der Waals surface area contributed by atoms with E-state index in [0.29, 0.717) is 68.7 Å². The summed E-state index contributed by atoms with van der Waals surface area (Å²) in [6.45, 7) is 0. The van der Waals surface area contributed by atoms with Crippen molar-refractivity contribution in [3.05, 3.63) is 236 Å². The molecule has 0 saturated carbocycles. The normalized spacial score (nSPS) is 11.5. The highest BCUT2D eigenvalue weighted by molar-refractivity contribution is 5.87. The Kier molecular flexibility index (Phi) is 10.2. The Morgan fingerprint density at radius 3 is 0.833 bits per heavy atom. The van der Waals surface area contributed by atoms with Crippen molar-refractivity contribution in [1.29, 1.82) is 0 Å². The fourth-order valence-corrected chi connectivity index (χ4v) is 9.44. The van der Waals surface area contributed by atoms with E-state index in [9.17, 15) is 13.2 Å². The first-order valence-corrected chi connectivity index (χ1v) is 23.2. The second-order valence-electron chi connectivity index (χ2n) is 17.3. The van der Waals surface area contributed by atoms with Gasteiger partial charge in [0, 0.05) is 33.4 Å². The van der Waals surface area contributed by atoms with Gasteiger partial charge in [-0.05, 0) is 109 Å². The van der Waals surface area contributed by atoms with E-state index in [-0.39, 0.29) is 17.5 Å². The molecule has 0 aliphatic rings. The standard InChI is InChI=1S/C60H36F3N9/c61-43-19-10-22-46(34-43)70-52-28-4-1-25-49(52)64-58(70)40-16-7-13-37(31-40)55-67-56(38-14-8-17-41(32-38)59-65-50-26-2-5-29-53(50)71(59)47-23-11-20-44(62)35-47)69-57(68-55)39-15-9-18-42(33-39)60-66-51-27-3-6-30-54(51)72(60)48-24-12-21-45(63)36-48/h1-36H. The number of halogens is 3. The third-order valence-electron chi connectivity index (χ3n) is 12.7. The van der Waals surface area contributed by atoms with Crippen molar-refractivity contribution in [2.75, 3.05) is 0 Å². The number of para-hydroxylation sites is 6. The lowest BCUT2D eigenvalue weighted by Gasteiger charge is -2.13. The third kappa shape index (κ3) is 7.54. The smallest absolute Gasteiger partial charge is 0.164 e. The molecular formula is C60H36F3N9. The highest BCUT2D eigenvalue weighted by Crippen LogP contribution is 2.36. The van der Waals surface area contributed by atoms with Crippen LogP contribution in [-0.2, 0) is 0 Å². The van der Waals surface area contributed by atoms with E-state index in [1.54, 1.807) is 18.2 Å². The summed E-state index contributed by atoms with van der Waals surface area (Å²) in [7, 11) is 0. The van der Waals surface area contributed by atoms with Gasteiger partial charge in [-0.1, -0.05) is 109 Å². The molecule has 13 aromatic rings. The van der Waals surface area contributed by atoms with Crippen LogP contribution in [0, 0.1) is 17.5 Å². The van der Waals surface area contributed by atoms with Crippen molar-refractivity contribution < 1.29 is 13.2 Å². The van der Waals surface area contributed by atoms with E-state index in [0.717, 1.165) is 49.8 Å². The van der Waals surface area contributed by atoms with Gasteiger partial charge >= 0.3 is 0 Å². The molecule has 342 valence electrons. The van der Waals surface area contributed by atoms with E-state index < -0.39 is 0 Å². The highest BCUT2D eigenvalue weighted by atomic mass is 19.1. The van der Waals surface area contributed by atoms with E-state index in [4.69, 9.17) is 29.9 Å². The number of benzene rings is 9. The molecule has 4 aromatic heterocycles. The molecule has 0 amide bonds. The van der Waals surface area contributed by atoms with Crippen molar-refractivity contribution >= 4 is 33.1 Å². The summed E-state index contributed by atoms with van der Waals surface area (Å²) in [4.78, 5) is 30.7. The maximum atomic E-state index is 14.8. The summed E-state index contributed by atoms with van der Waals surface area (Å²) in [6, 6.07) is 66.1. The van der Waals surface area contributed by atoms with Crippen molar-refractivity contribution in [2.24, 2.45) is 0 Å². The SMILES string of the molecule is Fc1cccc(-n2c(-c3cccc(-c4nc(-c5cccc(-c6nc7ccccc7n6-c6cccc(F)c6)c5)nc(-c5cccc(-c6nc7ccccc7n6-c6cccc(F)c6)c5)n4)c3)nc3ccccc32)c1. The summed E-state index contributed by atoms with van der Waals surface area (Å²) < 4.78 is 50.3. The Labute approximate surface area is 409 Å². The molecule has 12 heteroatoms. The molecule has 72 heavy (non-hydrogen) atoms. The van der Waals surface area contributed by atoms with E-state index in [1.807, 2.05) is 177 Å². The molecule has 0 aliphatic heterocycles. The van der Waals surface area contributed by atoms with Crippen LogP contribution < -0.4 is 0 Å². The number of imidazole rings is 3. The van der Waals surface area contributed by atoms with Gasteiger partial charge in [0.05, 0.1) is 50.2 Å². The lowest BCUT2D eigenvalue weighted by molar-refractivity contribution is 0.626. The summed E-state index contributed by atoms with van der Waals surface area (Å²) in [5.41, 5.74) is 10.9. The van der Waals surface area contributed by atoms with Gasteiger partial charge in [0.1, 0.15) is 34.9 Å². The first kappa shape index (κ1) is 42.3. The van der Waals surface area contributed by atoms with Crippen LogP contribution in [0.3, 0.4) is 0 Å². The molecule has 13 rings (SSSR count). The molecule has 0 fully saturated rings. The van der Waals surface area contributed by atoms with E-state index >= 15 is 0 Å². The summed E-state index contributed by atoms with van der Waals surface area (Å²) in [6.07, 6.45) is 0. The Morgan fingerprint density at radius 2 is 0.528 bits per heavy atom. The molecule has 0 spiro atoms. The average Bonchev–Trinajstić information content (AvgIpc) is 4.14. The van der Waals surface area contributed by atoms with Gasteiger partial charge in [-0.2, -0.15) is 0 Å². The second-order valence-corrected chi connectivity index (χ2v) is 17.3. The first-order valence-electron chi connectivity index (χ1n) is 23.2. The van der Waals surface area contributed by atoms with Gasteiger partial charge in [-0.15, -0.1) is 0 Å². The molecule has 9 nitrogen and oxygen atoms in total. The summed E-state index contributed by atoms with van der Waals surface area (Å²) in [5, 5.41) is 0. The molecule has 0 atom stereocenters. The van der Waals surface area contributed by atoms with Crippen LogP contribution >= 0.6 is 0 Å². The molecule has 0 radical (unpaired) electrons. The number of hydrogen-bond donors (Lipinski definition) is 0. The Balaban J connectivity index is 0.993. The van der Waals surface area contributed by atoms with Crippen molar-refractivity contribution in [1.82, 2.24) is 43.6 Å². The number of fused-ring (bicyclic) bond motifs is 3. The van der Waals surface area contributed by atoms with Gasteiger partial charge in [0.15, 0.2) is 17.5 Å². The largest absolute Gasteiger partial charge is 0.292 e. The minimum Gasteiger partial charge on any atom is -0.292 e. The van der Waals surface area contributed by atoms with Crippen molar-refractivity contribution in [3.8, 4) is 85.4 Å². The molecular weight excluding hydrogens is 904 g/mol. The lowest BCUT2D eigenvalue weighted by Crippen LogP contribution is -2.02. The Bertz CT molecular complexity index is 3810. The molecule has 0 saturated heterocycles. The summed E-state index contributed by atoms with van der Waals surface area (Å²) in [5.74, 6) is 1.92. The molecule has 0 aliphatic carbocycles. The maximum absolute atomic E-state index is 14.8. The number of nitrogens with zero attached hydrogens (tertiary/aromatic N) is 9. The van der Waals surface area contributed by atoms with Crippen LogP contribution in [0.5, 0.6) is 0 Å². The second kappa shape index (κ2) is 17.3. The number of rotatable bonds is 9. The third-order valence-corrected chi connectivity index (χ3v) is 12.7. The van der Waals surface area contributed by atoms with Crippen LogP contribution in [0.4, 0.5) is 13.2 Å². The van der Waals surface area contributed by atoms with Crippen LogP contribution in [0.1, 0.15) is 0 Å². The number of hydrogen-bond acceptors (Lipinski definition) is 6. The minimum atomic E-state index is -0.360. The van der Waals surface area contributed by atoms with Gasteiger partial charge in [-0.25, -0.2) is 43.1 Å². The Hall–Kier alpha value is -9.81. The first-order chi connectivity index (χ1) is 35.4. The topological polar surface area (TPSA) is 92.1 Å². The lowest BCUT2D eigenvalue weighted by atomic mass is 10.1. The monoisotopic (exact) mass is 939 g/mol.